The molecule has 0 aliphatic rings. The zero-order chi connectivity index (χ0) is 21.0. The van der Waals surface area contributed by atoms with Crippen molar-refractivity contribution in [2.75, 3.05) is 13.1 Å². The number of aliphatic imine (C=N–C) groups is 1. The normalized spacial score (nSPS) is 11.0. The van der Waals surface area contributed by atoms with Crippen molar-refractivity contribution in [3.63, 3.8) is 0 Å². The van der Waals surface area contributed by atoms with Gasteiger partial charge >= 0.3 is 0 Å². The molecule has 1 aromatic carbocycles. The Bertz CT molecular complexity index is 932. The number of hydrogen-bond donors (Lipinski definition) is 2. The van der Waals surface area contributed by atoms with Crippen LogP contribution in [0, 0.1) is 0 Å². The van der Waals surface area contributed by atoms with Gasteiger partial charge in [-0.2, -0.15) is 0 Å². The largest absolute Gasteiger partial charge is 0.473 e. The van der Waals surface area contributed by atoms with Crippen LogP contribution in [-0.2, 0) is 26.0 Å². The summed E-state index contributed by atoms with van der Waals surface area (Å²) in [6, 6.07) is 14.0. The summed E-state index contributed by atoms with van der Waals surface area (Å²) in [5.41, 5.74) is 2.17. The number of thiazole rings is 1. The molecule has 2 heterocycles. The number of pyridine rings is 1. The minimum Gasteiger partial charge on any atom is -0.473 e. The molecular formula is C23H30IN5OS. The molecule has 0 radical (unpaired) electrons. The predicted molar refractivity (Wildman–Crippen MR) is 138 cm³/mol. The van der Waals surface area contributed by atoms with Crippen LogP contribution in [0.2, 0.25) is 0 Å². The standard InChI is InChI=1S/C23H29N5OS.HI/c1-3-20-16-27-22(30-20)11-13-26-23(24-4-2)28-15-19-10-12-25-21(14-19)29-17-18-8-6-5-7-9-18;/h5-10,12,14,16H,3-4,11,13,15,17H2,1-2H3,(H2,24,26,28);1H. The summed E-state index contributed by atoms with van der Waals surface area (Å²) in [7, 11) is 0. The summed E-state index contributed by atoms with van der Waals surface area (Å²) in [5.74, 6) is 1.41. The maximum atomic E-state index is 5.82. The summed E-state index contributed by atoms with van der Waals surface area (Å²) in [6.07, 6.45) is 5.67. The lowest BCUT2D eigenvalue weighted by molar-refractivity contribution is 0.293. The van der Waals surface area contributed by atoms with Crippen molar-refractivity contribution in [2.24, 2.45) is 4.99 Å². The number of hydrogen-bond acceptors (Lipinski definition) is 5. The smallest absolute Gasteiger partial charge is 0.213 e. The number of aryl methyl sites for hydroxylation is 1. The van der Waals surface area contributed by atoms with Gasteiger partial charge in [0.2, 0.25) is 5.88 Å². The van der Waals surface area contributed by atoms with E-state index in [2.05, 4.69) is 39.4 Å². The molecule has 8 heteroatoms. The van der Waals surface area contributed by atoms with E-state index in [9.17, 15) is 0 Å². The molecule has 6 nitrogen and oxygen atoms in total. The summed E-state index contributed by atoms with van der Waals surface area (Å²) in [5, 5.41) is 7.84. The first-order valence-electron chi connectivity index (χ1n) is 10.3. The lowest BCUT2D eigenvalue weighted by Gasteiger charge is -2.11. The maximum Gasteiger partial charge on any atom is 0.213 e. The number of guanidine groups is 1. The van der Waals surface area contributed by atoms with Crippen LogP contribution in [0.15, 0.2) is 59.9 Å². The molecule has 0 bridgehead atoms. The van der Waals surface area contributed by atoms with Gasteiger partial charge in [0, 0.05) is 42.8 Å². The molecule has 0 atom stereocenters. The Morgan fingerprint density at radius 3 is 2.65 bits per heavy atom. The Morgan fingerprint density at radius 1 is 1.06 bits per heavy atom. The van der Waals surface area contributed by atoms with Crippen molar-refractivity contribution in [1.82, 2.24) is 20.6 Å². The molecule has 31 heavy (non-hydrogen) atoms. The molecular weight excluding hydrogens is 521 g/mol. The Hall–Kier alpha value is -2.20. The summed E-state index contributed by atoms with van der Waals surface area (Å²) in [6.45, 7) is 6.88. The van der Waals surface area contributed by atoms with Crippen LogP contribution >= 0.6 is 35.3 Å². The minimum atomic E-state index is 0. The highest BCUT2D eigenvalue weighted by Crippen LogP contribution is 2.14. The van der Waals surface area contributed by atoms with E-state index in [1.54, 1.807) is 17.5 Å². The first-order valence-corrected chi connectivity index (χ1v) is 11.2. The first kappa shape index (κ1) is 25.1. The Balaban J connectivity index is 0.00000341. The second-order valence-electron chi connectivity index (χ2n) is 6.72. The van der Waals surface area contributed by atoms with Gasteiger partial charge < -0.3 is 15.4 Å². The van der Waals surface area contributed by atoms with Crippen LogP contribution in [0.5, 0.6) is 5.88 Å². The Morgan fingerprint density at radius 2 is 1.90 bits per heavy atom. The molecule has 2 N–H and O–H groups in total. The number of ether oxygens (including phenoxy) is 1. The van der Waals surface area contributed by atoms with Crippen LogP contribution in [0.25, 0.3) is 0 Å². The fourth-order valence-corrected chi connectivity index (χ4v) is 3.65. The van der Waals surface area contributed by atoms with E-state index in [4.69, 9.17) is 4.74 Å². The summed E-state index contributed by atoms with van der Waals surface area (Å²) < 4.78 is 5.82. The van der Waals surface area contributed by atoms with Crippen LogP contribution in [0.4, 0.5) is 0 Å². The van der Waals surface area contributed by atoms with Gasteiger partial charge in [-0.15, -0.1) is 35.3 Å². The molecule has 0 aliphatic carbocycles. The van der Waals surface area contributed by atoms with Gasteiger partial charge in [-0.25, -0.2) is 15.0 Å². The number of rotatable bonds is 10. The number of nitrogens with zero attached hydrogens (tertiary/aromatic N) is 3. The molecule has 0 amide bonds. The zero-order valence-electron chi connectivity index (χ0n) is 18.0. The molecule has 0 aliphatic heterocycles. The van der Waals surface area contributed by atoms with Gasteiger partial charge in [0.05, 0.1) is 11.6 Å². The third-order valence-corrected chi connectivity index (χ3v) is 5.58. The fourth-order valence-electron chi connectivity index (χ4n) is 2.79. The van der Waals surface area contributed by atoms with E-state index in [0.29, 0.717) is 19.0 Å². The lowest BCUT2D eigenvalue weighted by atomic mass is 10.2. The van der Waals surface area contributed by atoms with Gasteiger partial charge in [0.15, 0.2) is 5.96 Å². The SMILES string of the molecule is CCNC(=NCc1ccnc(OCc2ccccc2)c1)NCCc1ncc(CC)s1.I. The Kier molecular flexibility index (Phi) is 11.3. The van der Waals surface area contributed by atoms with Crippen molar-refractivity contribution in [2.45, 2.75) is 39.8 Å². The van der Waals surface area contributed by atoms with Crippen molar-refractivity contribution >= 4 is 41.3 Å². The van der Waals surface area contributed by atoms with E-state index in [-0.39, 0.29) is 24.0 Å². The first-order chi connectivity index (χ1) is 14.8. The van der Waals surface area contributed by atoms with Crippen molar-refractivity contribution in [3.8, 4) is 5.88 Å². The molecule has 3 aromatic rings. The number of nitrogens with one attached hydrogen (secondary N) is 2. The van der Waals surface area contributed by atoms with Crippen molar-refractivity contribution in [1.29, 1.82) is 0 Å². The van der Waals surface area contributed by atoms with Crippen LogP contribution < -0.4 is 15.4 Å². The zero-order valence-corrected chi connectivity index (χ0v) is 21.2. The number of benzene rings is 1. The molecule has 0 saturated carbocycles. The second-order valence-corrected chi connectivity index (χ2v) is 7.92. The third kappa shape index (κ3) is 8.82. The van der Waals surface area contributed by atoms with E-state index >= 15 is 0 Å². The van der Waals surface area contributed by atoms with Crippen LogP contribution in [0.1, 0.15) is 34.9 Å². The number of halogens is 1. The van der Waals surface area contributed by atoms with Crippen molar-refractivity contribution in [3.05, 3.63) is 75.9 Å². The Labute approximate surface area is 205 Å². The molecule has 0 spiro atoms. The second kappa shape index (κ2) is 14.0. The quantitative estimate of drug-likeness (QED) is 0.219. The van der Waals surface area contributed by atoms with Crippen molar-refractivity contribution < 1.29 is 4.74 Å². The minimum absolute atomic E-state index is 0. The van der Waals surface area contributed by atoms with Gasteiger partial charge in [0.1, 0.15) is 6.61 Å². The number of aromatic nitrogens is 2. The topological polar surface area (TPSA) is 71.4 Å². The maximum absolute atomic E-state index is 5.82. The predicted octanol–water partition coefficient (Wildman–Crippen LogP) is 4.60. The van der Waals surface area contributed by atoms with Gasteiger partial charge in [0.25, 0.3) is 0 Å². The highest BCUT2D eigenvalue weighted by Gasteiger charge is 2.03. The highest BCUT2D eigenvalue weighted by atomic mass is 127. The molecule has 166 valence electrons. The highest BCUT2D eigenvalue weighted by molar-refractivity contribution is 14.0. The summed E-state index contributed by atoms with van der Waals surface area (Å²) in [4.78, 5) is 14.8. The van der Waals surface area contributed by atoms with E-state index < -0.39 is 0 Å². The molecule has 2 aromatic heterocycles. The average Bonchev–Trinajstić information content (AvgIpc) is 3.25. The summed E-state index contributed by atoms with van der Waals surface area (Å²) >= 11 is 1.78. The van der Waals surface area contributed by atoms with Crippen LogP contribution in [-0.4, -0.2) is 29.0 Å². The average molecular weight is 551 g/mol. The van der Waals surface area contributed by atoms with E-state index in [0.717, 1.165) is 48.0 Å². The van der Waals surface area contributed by atoms with E-state index in [1.165, 1.54) is 4.88 Å². The van der Waals surface area contributed by atoms with E-state index in [1.807, 2.05) is 48.7 Å². The molecule has 3 rings (SSSR count). The molecule has 0 fully saturated rings. The molecule has 0 unspecified atom stereocenters. The van der Waals surface area contributed by atoms with Gasteiger partial charge in [-0.05, 0) is 30.5 Å². The fraction of sp³-hybridized carbons (Fsp3) is 0.348. The monoisotopic (exact) mass is 551 g/mol. The van der Waals surface area contributed by atoms with Crippen LogP contribution in [0.3, 0.4) is 0 Å². The van der Waals surface area contributed by atoms with Gasteiger partial charge in [-0.1, -0.05) is 37.3 Å². The third-order valence-electron chi connectivity index (χ3n) is 4.37. The lowest BCUT2D eigenvalue weighted by Crippen LogP contribution is -2.38. The molecule has 0 saturated heterocycles. The van der Waals surface area contributed by atoms with Gasteiger partial charge in [-0.3, -0.25) is 0 Å².